The van der Waals surface area contributed by atoms with E-state index in [2.05, 4.69) is 15.5 Å². The van der Waals surface area contributed by atoms with Crippen molar-refractivity contribution in [2.24, 2.45) is 11.8 Å². The molecule has 0 bridgehead atoms. The number of hydrogen-bond acceptors (Lipinski definition) is 4. The van der Waals surface area contributed by atoms with Gasteiger partial charge in [0.25, 0.3) is 0 Å². The second-order valence-corrected chi connectivity index (χ2v) is 3.93. The number of carbonyl (C=O) groups excluding carboxylic acids is 2. The van der Waals surface area contributed by atoms with E-state index >= 15 is 0 Å². The lowest BCUT2D eigenvalue weighted by atomic mass is 9.86. The summed E-state index contributed by atoms with van der Waals surface area (Å²) in [4.78, 5) is 23.3. The van der Waals surface area contributed by atoms with Crippen LogP contribution in [0.4, 0.5) is 0 Å². The van der Waals surface area contributed by atoms with Crippen molar-refractivity contribution in [1.82, 2.24) is 0 Å². The number of esters is 2. The lowest BCUT2D eigenvalue weighted by molar-refractivity contribution is -0.160. The molecule has 1 atom stereocenters. The van der Waals surface area contributed by atoms with E-state index in [0.717, 1.165) is 19.3 Å². The topological polar surface area (TPSA) is 52.6 Å². The van der Waals surface area contributed by atoms with Crippen LogP contribution in [0.3, 0.4) is 0 Å². The first kappa shape index (κ1) is 13.5. The van der Waals surface area contributed by atoms with E-state index in [1.165, 1.54) is 14.2 Å². The first-order valence-electron chi connectivity index (χ1n) is 5.69. The van der Waals surface area contributed by atoms with E-state index in [9.17, 15) is 9.59 Å². The monoisotopic (exact) mass is 238 g/mol. The molecule has 4 nitrogen and oxygen atoms in total. The lowest BCUT2D eigenvalue weighted by Crippen LogP contribution is -2.32. The van der Waals surface area contributed by atoms with Gasteiger partial charge in [-0.15, -0.1) is 0 Å². The van der Waals surface area contributed by atoms with Gasteiger partial charge in [-0.05, 0) is 19.3 Å². The van der Waals surface area contributed by atoms with Crippen molar-refractivity contribution in [3.63, 3.8) is 0 Å². The molecule has 1 aliphatic carbocycles. The number of methoxy groups -OCH3 is 2. The van der Waals surface area contributed by atoms with Crippen LogP contribution in [0.25, 0.3) is 0 Å². The molecule has 0 aromatic rings. The SMILES string of the molecule is COC(=O)C(C(=O)OC)C1/C=C\C=C/CCC1. The molecule has 0 saturated heterocycles. The quantitative estimate of drug-likeness (QED) is 0.556. The molecule has 0 amide bonds. The van der Waals surface area contributed by atoms with Gasteiger partial charge < -0.3 is 9.47 Å². The molecule has 0 heterocycles. The highest BCUT2D eigenvalue weighted by Gasteiger charge is 2.35. The van der Waals surface area contributed by atoms with Gasteiger partial charge >= 0.3 is 11.9 Å². The fourth-order valence-corrected chi connectivity index (χ4v) is 1.93. The Bertz CT molecular complexity index is 314. The van der Waals surface area contributed by atoms with Crippen LogP contribution in [-0.4, -0.2) is 26.2 Å². The van der Waals surface area contributed by atoms with Crippen molar-refractivity contribution in [2.45, 2.75) is 19.3 Å². The summed E-state index contributed by atoms with van der Waals surface area (Å²) in [6.45, 7) is 0. The summed E-state index contributed by atoms with van der Waals surface area (Å²) in [5.74, 6) is -2.07. The summed E-state index contributed by atoms with van der Waals surface area (Å²) in [5.41, 5.74) is 0. The Hall–Kier alpha value is -1.58. The maximum Gasteiger partial charge on any atom is 0.320 e. The van der Waals surface area contributed by atoms with Crippen LogP contribution >= 0.6 is 0 Å². The van der Waals surface area contributed by atoms with E-state index in [-0.39, 0.29) is 5.92 Å². The van der Waals surface area contributed by atoms with Crippen molar-refractivity contribution in [2.75, 3.05) is 14.2 Å². The van der Waals surface area contributed by atoms with Crippen molar-refractivity contribution in [1.29, 1.82) is 0 Å². The number of rotatable bonds is 3. The molecule has 1 rings (SSSR count). The van der Waals surface area contributed by atoms with Gasteiger partial charge in [-0.3, -0.25) is 9.59 Å². The van der Waals surface area contributed by atoms with E-state index in [0.29, 0.717) is 0 Å². The van der Waals surface area contributed by atoms with Crippen LogP contribution in [0.5, 0.6) is 0 Å². The first-order valence-corrected chi connectivity index (χ1v) is 5.69. The number of ether oxygens (including phenoxy) is 2. The van der Waals surface area contributed by atoms with E-state index < -0.39 is 17.9 Å². The third kappa shape index (κ3) is 3.73. The molecule has 94 valence electrons. The van der Waals surface area contributed by atoms with Crippen molar-refractivity contribution < 1.29 is 19.1 Å². The van der Waals surface area contributed by atoms with Crippen molar-refractivity contribution in [3.05, 3.63) is 24.3 Å². The van der Waals surface area contributed by atoms with Gasteiger partial charge in [0.2, 0.25) is 0 Å². The van der Waals surface area contributed by atoms with Crippen LogP contribution < -0.4 is 0 Å². The summed E-state index contributed by atoms with van der Waals surface area (Å²) in [6.07, 6.45) is 10.4. The van der Waals surface area contributed by atoms with Crippen molar-refractivity contribution >= 4 is 11.9 Å². The van der Waals surface area contributed by atoms with Crippen LogP contribution in [0.1, 0.15) is 19.3 Å². The summed E-state index contributed by atoms with van der Waals surface area (Å²) >= 11 is 0. The predicted molar refractivity (Wildman–Crippen MR) is 63.1 cm³/mol. The summed E-state index contributed by atoms with van der Waals surface area (Å²) in [5, 5.41) is 0. The number of hydrogen-bond donors (Lipinski definition) is 0. The second kappa shape index (κ2) is 6.89. The standard InChI is InChI=1S/C13H18O4/c1-16-12(14)11(13(15)17-2)10-8-6-4-3-5-7-9-10/h3-4,6,8,10-11H,5,7,9H2,1-2H3/b4-3-,8-6-. The minimum absolute atomic E-state index is 0.153. The fourth-order valence-electron chi connectivity index (χ4n) is 1.93. The lowest BCUT2D eigenvalue weighted by Gasteiger charge is -2.20. The highest BCUT2D eigenvalue weighted by molar-refractivity contribution is 5.95. The van der Waals surface area contributed by atoms with Gasteiger partial charge in [-0.1, -0.05) is 24.3 Å². The van der Waals surface area contributed by atoms with Crippen LogP contribution in [0, 0.1) is 11.8 Å². The smallest absolute Gasteiger partial charge is 0.320 e. The Morgan fingerprint density at radius 3 is 2.41 bits per heavy atom. The highest BCUT2D eigenvalue weighted by atomic mass is 16.5. The Morgan fingerprint density at radius 1 is 1.18 bits per heavy atom. The Balaban J connectivity index is 2.87. The third-order valence-electron chi connectivity index (χ3n) is 2.85. The first-order chi connectivity index (χ1) is 8.20. The molecular weight excluding hydrogens is 220 g/mol. The molecule has 0 N–H and O–H groups in total. The average molecular weight is 238 g/mol. The maximum atomic E-state index is 11.6. The fraction of sp³-hybridized carbons (Fsp3) is 0.538. The zero-order valence-corrected chi connectivity index (χ0v) is 10.2. The molecule has 0 aromatic carbocycles. The molecule has 1 unspecified atom stereocenters. The molecule has 0 spiro atoms. The van der Waals surface area contributed by atoms with E-state index in [4.69, 9.17) is 0 Å². The van der Waals surface area contributed by atoms with E-state index in [1.807, 2.05) is 18.2 Å². The van der Waals surface area contributed by atoms with Gasteiger partial charge in [0.05, 0.1) is 14.2 Å². The van der Waals surface area contributed by atoms with Crippen LogP contribution in [0.2, 0.25) is 0 Å². The van der Waals surface area contributed by atoms with Gasteiger partial charge in [0.1, 0.15) is 0 Å². The number of allylic oxidation sites excluding steroid dienone is 4. The Kier molecular flexibility index (Phi) is 5.46. The highest BCUT2D eigenvalue weighted by Crippen LogP contribution is 2.24. The molecule has 0 fully saturated rings. The van der Waals surface area contributed by atoms with Crippen molar-refractivity contribution in [3.8, 4) is 0 Å². The Labute approximate surface area is 101 Å². The molecule has 0 aromatic heterocycles. The van der Waals surface area contributed by atoms with E-state index in [1.54, 1.807) is 0 Å². The zero-order chi connectivity index (χ0) is 12.7. The molecule has 0 saturated carbocycles. The third-order valence-corrected chi connectivity index (χ3v) is 2.85. The second-order valence-electron chi connectivity index (χ2n) is 3.93. The zero-order valence-electron chi connectivity index (χ0n) is 10.2. The maximum absolute atomic E-state index is 11.6. The molecule has 0 radical (unpaired) electrons. The van der Waals surface area contributed by atoms with Gasteiger partial charge in [-0.25, -0.2) is 0 Å². The van der Waals surface area contributed by atoms with Gasteiger partial charge in [-0.2, -0.15) is 0 Å². The van der Waals surface area contributed by atoms with Gasteiger partial charge in [0.15, 0.2) is 5.92 Å². The van der Waals surface area contributed by atoms with Gasteiger partial charge in [0, 0.05) is 5.92 Å². The largest absolute Gasteiger partial charge is 0.468 e. The minimum Gasteiger partial charge on any atom is -0.468 e. The van der Waals surface area contributed by atoms with Crippen LogP contribution in [0.15, 0.2) is 24.3 Å². The summed E-state index contributed by atoms with van der Waals surface area (Å²) in [6, 6.07) is 0. The molecule has 4 heteroatoms. The predicted octanol–water partition coefficient (Wildman–Crippen LogP) is 1.86. The molecule has 17 heavy (non-hydrogen) atoms. The molecule has 1 aliphatic rings. The van der Waals surface area contributed by atoms with Crippen LogP contribution in [-0.2, 0) is 19.1 Å². The molecule has 0 aliphatic heterocycles. The summed E-state index contributed by atoms with van der Waals surface area (Å²) < 4.78 is 9.34. The minimum atomic E-state index is -0.854. The average Bonchev–Trinajstić information content (AvgIpc) is 2.31. The normalized spacial score (nSPS) is 23.4. The number of carbonyl (C=O) groups is 2. The molecular formula is C13H18O4. The summed E-state index contributed by atoms with van der Waals surface area (Å²) in [7, 11) is 2.57. The Morgan fingerprint density at radius 2 is 1.82 bits per heavy atom.